The highest BCUT2D eigenvalue weighted by atomic mass is 16.6. The number of likely N-dealkylation sites (tertiary alicyclic amines) is 1. The first-order valence-corrected chi connectivity index (χ1v) is 11.6. The molecule has 34 heavy (non-hydrogen) atoms. The number of hydrogen-bond acceptors (Lipinski definition) is 6. The molecule has 9 heteroatoms. The molecule has 2 saturated heterocycles. The Morgan fingerprint density at radius 1 is 1.29 bits per heavy atom. The Morgan fingerprint density at radius 2 is 2.00 bits per heavy atom. The summed E-state index contributed by atoms with van der Waals surface area (Å²) in [6.07, 6.45) is 7.91. The van der Waals surface area contributed by atoms with Crippen LogP contribution in [0.15, 0.2) is 36.5 Å². The maximum Gasteiger partial charge on any atom is 0.410 e. The number of amides is 3. The lowest BCUT2D eigenvalue weighted by Crippen LogP contribution is -2.52. The number of carbonyl (C=O) groups excluding carboxylic acids is 4. The molecule has 2 heterocycles. The van der Waals surface area contributed by atoms with Gasteiger partial charge in [-0.2, -0.15) is 0 Å². The highest BCUT2D eigenvalue weighted by Gasteiger charge is 2.43. The average Bonchev–Trinajstić information content (AvgIpc) is 3.38. The Labute approximate surface area is 201 Å². The highest BCUT2D eigenvalue weighted by molar-refractivity contribution is 5.91. The minimum atomic E-state index is -0.997. The zero-order valence-corrected chi connectivity index (χ0v) is 20.8. The molecule has 3 amide bonds. The highest BCUT2D eigenvalue weighted by Crippen LogP contribution is 2.31. The van der Waals surface area contributed by atoms with E-state index in [2.05, 4.69) is 17.2 Å². The molecule has 2 aliphatic rings. The first-order chi connectivity index (χ1) is 16.0. The van der Waals surface area contributed by atoms with E-state index in [0.717, 1.165) is 5.57 Å². The molecular weight excluding hydrogens is 438 g/mol. The van der Waals surface area contributed by atoms with E-state index in [4.69, 9.17) is 9.47 Å². The van der Waals surface area contributed by atoms with Crippen LogP contribution in [0.1, 0.15) is 47.0 Å². The molecule has 2 fully saturated rings. The molecule has 2 N–H and O–H groups in total. The van der Waals surface area contributed by atoms with Gasteiger partial charge in [0.15, 0.2) is 0 Å². The van der Waals surface area contributed by atoms with E-state index in [1.807, 2.05) is 31.2 Å². The predicted octanol–water partition coefficient (Wildman–Crippen LogP) is 2.48. The van der Waals surface area contributed by atoms with Crippen molar-refractivity contribution in [2.45, 2.75) is 64.6 Å². The predicted molar refractivity (Wildman–Crippen MR) is 128 cm³/mol. The third kappa shape index (κ3) is 7.46. The zero-order valence-electron chi connectivity index (χ0n) is 20.8. The smallest absolute Gasteiger partial charge is 0.410 e. The minimum absolute atomic E-state index is 0.131. The SMILES string of the molecule is C=C(/C=C\C=C/C)[C@@H]1C[C@@H](C(=O)N[C@@H](C[C@@H]2CCNC2=O)C(=O)OC)N(C(=O)OC(C)(C)C)C1. The van der Waals surface area contributed by atoms with Gasteiger partial charge in [0.05, 0.1) is 7.11 Å². The second kappa shape index (κ2) is 11.9. The summed E-state index contributed by atoms with van der Waals surface area (Å²) in [4.78, 5) is 52.0. The summed E-state index contributed by atoms with van der Waals surface area (Å²) in [5, 5.41) is 5.44. The van der Waals surface area contributed by atoms with E-state index in [9.17, 15) is 19.2 Å². The van der Waals surface area contributed by atoms with Crippen molar-refractivity contribution in [2.75, 3.05) is 20.2 Å². The molecule has 2 aliphatic heterocycles. The monoisotopic (exact) mass is 475 g/mol. The normalized spacial score (nSPS) is 23.7. The second-order valence-corrected chi connectivity index (χ2v) is 9.64. The largest absolute Gasteiger partial charge is 0.467 e. The topological polar surface area (TPSA) is 114 Å². The fourth-order valence-electron chi connectivity index (χ4n) is 4.08. The van der Waals surface area contributed by atoms with Crippen LogP contribution in [0.2, 0.25) is 0 Å². The van der Waals surface area contributed by atoms with Gasteiger partial charge in [0.2, 0.25) is 11.8 Å². The zero-order chi connectivity index (χ0) is 25.5. The molecule has 0 spiro atoms. The van der Waals surface area contributed by atoms with Crippen LogP contribution < -0.4 is 10.6 Å². The number of nitrogens with one attached hydrogen (secondary N) is 2. The maximum absolute atomic E-state index is 13.3. The molecule has 0 radical (unpaired) electrons. The van der Waals surface area contributed by atoms with Gasteiger partial charge in [-0.3, -0.25) is 14.5 Å². The fraction of sp³-hybridized carbons (Fsp3) is 0.600. The minimum Gasteiger partial charge on any atom is -0.467 e. The van der Waals surface area contributed by atoms with Crippen molar-refractivity contribution < 1.29 is 28.7 Å². The molecule has 0 saturated carbocycles. The number of rotatable bonds is 8. The third-order valence-corrected chi connectivity index (χ3v) is 5.86. The molecule has 0 aromatic heterocycles. The van der Waals surface area contributed by atoms with Gasteiger partial charge in [-0.25, -0.2) is 9.59 Å². The van der Waals surface area contributed by atoms with E-state index in [0.29, 0.717) is 19.4 Å². The number of nitrogens with zero attached hydrogens (tertiary/aromatic N) is 1. The van der Waals surface area contributed by atoms with E-state index < -0.39 is 35.7 Å². The summed E-state index contributed by atoms with van der Waals surface area (Å²) in [5.74, 6) is -1.82. The number of hydrogen-bond donors (Lipinski definition) is 2. The van der Waals surface area contributed by atoms with Crippen LogP contribution in [0.3, 0.4) is 0 Å². The van der Waals surface area contributed by atoms with Crippen LogP contribution in [0.4, 0.5) is 4.79 Å². The first-order valence-electron chi connectivity index (χ1n) is 11.6. The van der Waals surface area contributed by atoms with Crippen LogP contribution in [0, 0.1) is 11.8 Å². The number of esters is 1. The standard InChI is InChI=1S/C25H37N3O6/c1-7-8-9-10-16(2)18-14-20(28(15-18)24(32)34-25(3,4)5)22(30)27-19(23(31)33-6)13-17-11-12-26-21(17)29/h7-10,17-20H,2,11-15H2,1,3-6H3,(H,26,29)(H,27,30)/b8-7-,10-9-/t17-,18+,19-,20-/m0/s1. The van der Waals surface area contributed by atoms with Gasteiger partial charge in [-0.15, -0.1) is 0 Å². The molecule has 9 nitrogen and oxygen atoms in total. The van der Waals surface area contributed by atoms with Crippen molar-refractivity contribution in [3.8, 4) is 0 Å². The molecular formula is C25H37N3O6. The molecule has 4 atom stereocenters. The summed E-state index contributed by atoms with van der Waals surface area (Å²) in [5.41, 5.74) is 0.0535. The van der Waals surface area contributed by atoms with Gasteiger partial charge < -0.3 is 20.1 Å². The van der Waals surface area contributed by atoms with Crippen LogP contribution in [0.25, 0.3) is 0 Å². The quantitative estimate of drug-likeness (QED) is 0.412. The lowest BCUT2D eigenvalue weighted by atomic mass is 9.95. The summed E-state index contributed by atoms with van der Waals surface area (Å²) in [7, 11) is 1.23. The van der Waals surface area contributed by atoms with Crippen molar-refractivity contribution in [3.05, 3.63) is 36.5 Å². The third-order valence-electron chi connectivity index (χ3n) is 5.86. The van der Waals surface area contributed by atoms with E-state index in [1.165, 1.54) is 12.0 Å². The molecule has 0 aliphatic carbocycles. The lowest BCUT2D eigenvalue weighted by molar-refractivity contribution is -0.146. The van der Waals surface area contributed by atoms with Gasteiger partial charge in [0.1, 0.15) is 17.7 Å². The van der Waals surface area contributed by atoms with Crippen LogP contribution in [-0.4, -0.2) is 66.7 Å². The van der Waals surface area contributed by atoms with Crippen molar-refractivity contribution in [2.24, 2.45) is 11.8 Å². The van der Waals surface area contributed by atoms with Gasteiger partial charge in [0, 0.05) is 24.9 Å². The van der Waals surface area contributed by atoms with Gasteiger partial charge in [-0.1, -0.05) is 36.5 Å². The number of carbonyl (C=O) groups is 4. The van der Waals surface area contributed by atoms with Gasteiger partial charge in [-0.05, 0) is 47.0 Å². The Hall–Kier alpha value is -3.10. The van der Waals surface area contributed by atoms with Crippen molar-refractivity contribution in [1.29, 1.82) is 0 Å². The Kier molecular flexibility index (Phi) is 9.46. The van der Waals surface area contributed by atoms with E-state index in [-0.39, 0.29) is 30.7 Å². The molecule has 188 valence electrons. The Bertz CT molecular complexity index is 857. The number of allylic oxidation sites excluding steroid dienone is 4. The Balaban J connectivity index is 2.21. The molecule has 2 rings (SSSR count). The van der Waals surface area contributed by atoms with Gasteiger partial charge in [0.25, 0.3) is 0 Å². The average molecular weight is 476 g/mol. The number of methoxy groups -OCH3 is 1. The maximum atomic E-state index is 13.3. The fourth-order valence-corrected chi connectivity index (χ4v) is 4.08. The molecule has 0 unspecified atom stereocenters. The summed E-state index contributed by atoms with van der Waals surface area (Å²) >= 11 is 0. The van der Waals surface area contributed by atoms with Crippen LogP contribution in [-0.2, 0) is 23.9 Å². The molecule has 0 aromatic carbocycles. The van der Waals surface area contributed by atoms with Gasteiger partial charge >= 0.3 is 12.1 Å². The first kappa shape index (κ1) is 27.1. The van der Waals surface area contributed by atoms with E-state index >= 15 is 0 Å². The van der Waals surface area contributed by atoms with Crippen LogP contribution >= 0.6 is 0 Å². The molecule has 0 bridgehead atoms. The molecule has 0 aromatic rings. The lowest BCUT2D eigenvalue weighted by Gasteiger charge is -2.29. The Morgan fingerprint density at radius 3 is 2.56 bits per heavy atom. The van der Waals surface area contributed by atoms with Crippen molar-refractivity contribution in [1.82, 2.24) is 15.5 Å². The summed E-state index contributed by atoms with van der Waals surface area (Å²) in [6.45, 7) is 12.1. The number of ether oxygens (including phenoxy) is 2. The van der Waals surface area contributed by atoms with E-state index in [1.54, 1.807) is 20.8 Å². The summed E-state index contributed by atoms with van der Waals surface area (Å²) < 4.78 is 10.4. The van der Waals surface area contributed by atoms with Crippen molar-refractivity contribution >= 4 is 23.9 Å². The van der Waals surface area contributed by atoms with Crippen LogP contribution in [0.5, 0.6) is 0 Å². The van der Waals surface area contributed by atoms with Crippen molar-refractivity contribution in [3.63, 3.8) is 0 Å². The summed E-state index contributed by atoms with van der Waals surface area (Å²) in [6, 6.07) is -1.85. The second-order valence-electron chi connectivity index (χ2n) is 9.64.